The Kier molecular flexibility index (Phi) is 9.17. The van der Waals surface area contributed by atoms with E-state index in [0.29, 0.717) is 17.5 Å². The van der Waals surface area contributed by atoms with Gasteiger partial charge in [0.05, 0.1) is 11.4 Å². The third-order valence-electron chi connectivity index (χ3n) is 4.90. The fourth-order valence-electron chi connectivity index (χ4n) is 3.39. The van der Waals surface area contributed by atoms with Crippen molar-refractivity contribution in [2.75, 3.05) is 40.3 Å². The molecule has 0 bridgehead atoms. The lowest BCUT2D eigenvalue weighted by Crippen LogP contribution is -2.46. The molecule has 9 heteroatoms. The van der Waals surface area contributed by atoms with Gasteiger partial charge in [-0.15, -0.1) is 12.4 Å². The van der Waals surface area contributed by atoms with E-state index in [9.17, 15) is 13.2 Å². The number of hydrogen-bond acceptors (Lipinski definition) is 5. The summed E-state index contributed by atoms with van der Waals surface area (Å²) in [6.07, 6.45) is 1.85. The largest absolute Gasteiger partial charge is 0.480 e. The molecule has 1 saturated heterocycles. The molecular formula is C18H30ClN3O4S. The summed E-state index contributed by atoms with van der Waals surface area (Å²) in [5, 5.41) is 9.02. The molecule has 2 rings (SSSR count). The van der Waals surface area contributed by atoms with Crippen LogP contribution in [0.1, 0.15) is 25.3 Å². The molecule has 1 N–H and O–H groups in total. The summed E-state index contributed by atoms with van der Waals surface area (Å²) in [6.45, 7) is 5.28. The van der Waals surface area contributed by atoms with Crippen LogP contribution >= 0.6 is 12.4 Å². The van der Waals surface area contributed by atoms with Crippen molar-refractivity contribution in [3.8, 4) is 0 Å². The highest BCUT2D eigenvalue weighted by atomic mass is 35.5. The number of aliphatic carboxylic acids is 1. The maximum Gasteiger partial charge on any atom is 0.317 e. The number of rotatable bonds is 8. The molecule has 0 aromatic heterocycles. The summed E-state index contributed by atoms with van der Waals surface area (Å²) in [5.41, 5.74) is 0.976. The molecule has 0 atom stereocenters. The van der Waals surface area contributed by atoms with Crippen LogP contribution in [0, 0.1) is 0 Å². The van der Waals surface area contributed by atoms with E-state index in [1.165, 1.54) is 18.4 Å². The second kappa shape index (κ2) is 10.4. The molecule has 7 nitrogen and oxygen atoms in total. The fourth-order valence-corrected chi connectivity index (χ4v) is 4.36. The Balaban J connectivity index is 0.00000364. The average Bonchev–Trinajstić information content (AvgIpc) is 2.60. The van der Waals surface area contributed by atoms with E-state index in [4.69, 9.17) is 5.11 Å². The number of likely N-dealkylation sites (tertiary alicyclic amines) is 1. The Morgan fingerprint density at radius 2 is 1.89 bits per heavy atom. The first-order valence-corrected chi connectivity index (χ1v) is 10.4. The van der Waals surface area contributed by atoms with E-state index in [1.54, 1.807) is 18.2 Å². The maximum absolute atomic E-state index is 12.3. The lowest BCUT2D eigenvalue weighted by molar-refractivity contribution is -0.139. The molecule has 154 valence electrons. The zero-order valence-corrected chi connectivity index (χ0v) is 17.8. The van der Waals surface area contributed by atoms with Gasteiger partial charge in [0.1, 0.15) is 0 Å². The number of carboxylic acids is 1. The molecule has 1 heterocycles. The Hall–Kier alpha value is -1.19. The maximum atomic E-state index is 12.3. The van der Waals surface area contributed by atoms with Crippen molar-refractivity contribution in [2.24, 2.45) is 0 Å². The summed E-state index contributed by atoms with van der Waals surface area (Å²) in [4.78, 5) is 15.6. The molecule has 1 fully saturated rings. The monoisotopic (exact) mass is 419 g/mol. The SMILES string of the molecule is CCN(CC(=O)O)C1CCN(Cc2cccc(S(=O)(=O)N(C)C)c2)CC1.Cl. The van der Waals surface area contributed by atoms with Crippen molar-refractivity contribution in [3.05, 3.63) is 29.8 Å². The number of benzene rings is 1. The molecule has 0 saturated carbocycles. The van der Waals surface area contributed by atoms with Crippen LogP contribution in [0.3, 0.4) is 0 Å². The summed E-state index contributed by atoms with van der Waals surface area (Å²) < 4.78 is 25.8. The molecule has 0 spiro atoms. The van der Waals surface area contributed by atoms with Gasteiger partial charge in [0.15, 0.2) is 0 Å². The molecule has 1 aliphatic heterocycles. The van der Waals surface area contributed by atoms with Gasteiger partial charge in [-0.1, -0.05) is 19.1 Å². The smallest absolute Gasteiger partial charge is 0.317 e. The highest BCUT2D eigenvalue weighted by molar-refractivity contribution is 7.89. The topological polar surface area (TPSA) is 81.2 Å². The zero-order chi connectivity index (χ0) is 19.3. The number of carbonyl (C=O) groups is 1. The first-order valence-electron chi connectivity index (χ1n) is 8.93. The van der Waals surface area contributed by atoms with Crippen molar-refractivity contribution >= 4 is 28.4 Å². The standard InChI is InChI=1S/C18H29N3O4S.ClH/c1-4-21(14-18(22)23)16-8-10-20(11-9-16)13-15-6-5-7-17(12-15)26(24,25)19(2)3;/h5-7,12,16H,4,8-11,13-14H2,1-3H3,(H,22,23);1H. The van der Waals surface area contributed by atoms with Crippen molar-refractivity contribution in [2.45, 2.75) is 37.2 Å². The van der Waals surface area contributed by atoms with E-state index in [0.717, 1.165) is 38.0 Å². The minimum atomic E-state index is -3.42. The molecule has 0 aliphatic carbocycles. The quantitative estimate of drug-likeness (QED) is 0.691. The van der Waals surface area contributed by atoms with Gasteiger partial charge in [-0.25, -0.2) is 12.7 Å². The Morgan fingerprint density at radius 3 is 2.41 bits per heavy atom. The van der Waals surface area contributed by atoms with Gasteiger partial charge >= 0.3 is 5.97 Å². The van der Waals surface area contributed by atoms with Gasteiger partial charge in [-0.05, 0) is 50.2 Å². The van der Waals surface area contributed by atoms with E-state index in [-0.39, 0.29) is 19.0 Å². The first-order chi connectivity index (χ1) is 12.2. The molecule has 27 heavy (non-hydrogen) atoms. The number of sulfonamides is 1. The second-order valence-electron chi connectivity index (χ2n) is 6.90. The van der Waals surface area contributed by atoms with Crippen LogP contribution < -0.4 is 0 Å². The number of nitrogens with zero attached hydrogens (tertiary/aromatic N) is 3. The van der Waals surface area contributed by atoms with Crippen LogP contribution in [-0.4, -0.2) is 79.9 Å². The number of halogens is 1. The normalized spacial score (nSPS) is 16.5. The van der Waals surface area contributed by atoms with Gasteiger partial charge in [0.25, 0.3) is 0 Å². The average molecular weight is 420 g/mol. The van der Waals surface area contributed by atoms with Crippen LogP contribution in [0.4, 0.5) is 0 Å². The molecule has 0 amide bonds. The van der Waals surface area contributed by atoms with Gasteiger partial charge < -0.3 is 5.11 Å². The Bertz CT molecular complexity index is 719. The van der Waals surface area contributed by atoms with Crippen LogP contribution in [0.5, 0.6) is 0 Å². The first kappa shape index (κ1) is 23.8. The fraction of sp³-hybridized carbons (Fsp3) is 0.611. The lowest BCUT2D eigenvalue weighted by Gasteiger charge is -2.37. The minimum absolute atomic E-state index is 0. The molecule has 1 aromatic rings. The van der Waals surface area contributed by atoms with Crippen LogP contribution in [0.25, 0.3) is 0 Å². The van der Waals surface area contributed by atoms with Crippen LogP contribution in [-0.2, 0) is 21.4 Å². The number of hydrogen-bond donors (Lipinski definition) is 1. The van der Waals surface area contributed by atoms with Crippen molar-refractivity contribution in [1.82, 2.24) is 14.1 Å². The van der Waals surface area contributed by atoms with E-state index < -0.39 is 16.0 Å². The number of piperidine rings is 1. The number of carboxylic acid groups (broad SMARTS) is 1. The molecule has 1 aliphatic rings. The third-order valence-corrected chi connectivity index (χ3v) is 6.71. The van der Waals surface area contributed by atoms with E-state index >= 15 is 0 Å². The zero-order valence-electron chi connectivity index (χ0n) is 16.2. The molecule has 0 unspecified atom stereocenters. The third kappa shape index (κ3) is 6.43. The van der Waals surface area contributed by atoms with Crippen molar-refractivity contribution < 1.29 is 18.3 Å². The van der Waals surface area contributed by atoms with Crippen molar-refractivity contribution in [3.63, 3.8) is 0 Å². The van der Waals surface area contributed by atoms with Gasteiger partial charge in [-0.3, -0.25) is 14.6 Å². The van der Waals surface area contributed by atoms with Gasteiger partial charge in [-0.2, -0.15) is 0 Å². The van der Waals surface area contributed by atoms with Crippen molar-refractivity contribution in [1.29, 1.82) is 0 Å². The number of likely N-dealkylation sites (N-methyl/N-ethyl adjacent to an activating group) is 1. The predicted octanol–water partition coefficient (Wildman–Crippen LogP) is 1.73. The Labute approximate surface area is 168 Å². The lowest BCUT2D eigenvalue weighted by atomic mass is 10.0. The van der Waals surface area contributed by atoms with Gasteiger partial charge in [0.2, 0.25) is 10.0 Å². The second-order valence-corrected chi connectivity index (χ2v) is 9.05. The summed E-state index contributed by atoms with van der Waals surface area (Å²) in [6, 6.07) is 7.39. The molecule has 0 radical (unpaired) electrons. The Morgan fingerprint density at radius 1 is 1.26 bits per heavy atom. The molecule has 1 aromatic carbocycles. The summed E-state index contributed by atoms with van der Waals surface area (Å²) in [5.74, 6) is -0.784. The van der Waals surface area contributed by atoms with Crippen LogP contribution in [0.15, 0.2) is 29.2 Å². The molecular weight excluding hydrogens is 390 g/mol. The van der Waals surface area contributed by atoms with E-state index in [2.05, 4.69) is 4.90 Å². The van der Waals surface area contributed by atoms with Crippen LogP contribution in [0.2, 0.25) is 0 Å². The summed E-state index contributed by atoms with van der Waals surface area (Å²) >= 11 is 0. The van der Waals surface area contributed by atoms with E-state index in [1.807, 2.05) is 17.9 Å². The van der Waals surface area contributed by atoms with Gasteiger partial charge in [0, 0.05) is 26.7 Å². The predicted molar refractivity (Wildman–Crippen MR) is 108 cm³/mol. The minimum Gasteiger partial charge on any atom is -0.480 e. The summed E-state index contributed by atoms with van der Waals surface area (Å²) in [7, 11) is -0.360. The highest BCUT2D eigenvalue weighted by Gasteiger charge is 2.25. The highest BCUT2D eigenvalue weighted by Crippen LogP contribution is 2.20.